The maximum atomic E-state index is 12.2. The van der Waals surface area contributed by atoms with Crippen LogP contribution in [-0.2, 0) is 16.0 Å². The van der Waals surface area contributed by atoms with Gasteiger partial charge in [0.2, 0.25) is 5.91 Å². The van der Waals surface area contributed by atoms with E-state index in [2.05, 4.69) is 20.9 Å². The lowest BCUT2D eigenvalue weighted by Gasteiger charge is -2.22. The highest BCUT2D eigenvalue weighted by Gasteiger charge is 2.27. The molecule has 26 heavy (non-hydrogen) atoms. The van der Waals surface area contributed by atoms with Crippen molar-refractivity contribution < 1.29 is 13.9 Å². The fraction of sp³-hybridized carbons (Fsp3) is 0.684. The van der Waals surface area contributed by atoms with Crippen molar-refractivity contribution in [3.8, 4) is 0 Å². The molecule has 0 saturated carbocycles. The van der Waals surface area contributed by atoms with Gasteiger partial charge in [-0.05, 0) is 39.3 Å². The Balaban J connectivity index is 1.89. The lowest BCUT2D eigenvalue weighted by atomic mass is 9.92. The van der Waals surface area contributed by atoms with Gasteiger partial charge in [-0.3, -0.25) is 9.79 Å². The highest BCUT2D eigenvalue weighted by molar-refractivity contribution is 5.83. The molecule has 0 aromatic carbocycles. The van der Waals surface area contributed by atoms with Crippen LogP contribution in [-0.4, -0.2) is 51.3 Å². The number of aliphatic imine (C=N–C) groups is 1. The standard InChI is InChI=1S/C19H32N4O3/c1-4-20-17(24)19(2,3)14-23-18(22-12-15-8-11-25-13-15)21-9-7-16-6-5-10-26-16/h5-6,10,15H,4,7-9,11-14H2,1-3H3,(H,20,24)(H2,21,22,23). The molecule has 1 unspecified atom stereocenters. The van der Waals surface area contributed by atoms with Crippen molar-refractivity contribution in [3.05, 3.63) is 24.2 Å². The molecule has 1 atom stereocenters. The number of ether oxygens (including phenoxy) is 1. The Morgan fingerprint density at radius 1 is 1.35 bits per heavy atom. The van der Waals surface area contributed by atoms with Crippen LogP contribution in [0.5, 0.6) is 0 Å². The molecule has 0 bridgehead atoms. The van der Waals surface area contributed by atoms with Crippen molar-refractivity contribution in [3.63, 3.8) is 0 Å². The molecule has 7 heteroatoms. The summed E-state index contributed by atoms with van der Waals surface area (Å²) in [6.07, 6.45) is 3.52. The van der Waals surface area contributed by atoms with Gasteiger partial charge in [0, 0.05) is 38.6 Å². The van der Waals surface area contributed by atoms with Gasteiger partial charge in [-0.1, -0.05) is 0 Å². The van der Waals surface area contributed by atoms with Crippen LogP contribution in [0.15, 0.2) is 27.8 Å². The summed E-state index contributed by atoms with van der Waals surface area (Å²) in [4.78, 5) is 16.8. The van der Waals surface area contributed by atoms with Gasteiger partial charge in [-0.25, -0.2) is 0 Å². The molecular weight excluding hydrogens is 332 g/mol. The van der Waals surface area contributed by atoms with Crippen LogP contribution >= 0.6 is 0 Å². The van der Waals surface area contributed by atoms with Gasteiger partial charge >= 0.3 is 0 Å². The molecule has 1 amide bonds. The molecule has 7 nitrogen and oxygen atoms in total. The first-order valence-corrected chi connectivity index (χ1v) is 9.42. The van der Waals surface area contributed by atoms with Crippen LogP contribution in [0.1, 0.15) is 33.0 Å². The van der Waals surface area contributed by atoms with E-state index >= 15 is 0 Å². The van der Waals surface area contributed by atoms with E-state index < -0.39 is 5.41 Å². The maximum absolute atomic E-state index is 12.2. The zero-order chi connectivity index (χ0) is 18.8. The van der Waals surface area contributed by atoms with E-state index in [1.54, 1.807) is 6.26 Å². The van der Waals surface area contributed by atoms with Crippen LogP contribution in [0.2, 0.25) is 0 Å². The largest absolute Gasteiger partial charge is 0.469 e. The van der Waals surface area contributed by atoms with E-state index in [0.29, 0.717) is 25.6 Å². The Morgan fingerprint density at radius 3 is 2.85 bits per heavy atom. The zero-order valence-electron chi connectivity index (χ0n) is 16.1. The molecule has 1 aromatic heterocycles. The predicted octanol–water partition coefficient (Wildman–Crippen LogP) is 1.56. The average molecular weight is 364 g/mol. The average Bonchev–Trinajstić information content (AvgIpc) is 3.30. The summed E-state index contributed by atoms with van der Waals surface area (Å²) < 4.78 is 10.8. The van der Waals surface area contributed by atoms with E-state index in [1.165, 1.54) is 0 Å². The Kier molecular flexibility index (Phi) is 7.97. The van der Waals surface area contributed by atoms with E-state index in [0.717, 1.165) is 44.3 Å². The summed E-state index contributed by atoms with van der Waals surface area (Å²) in [5, 5.41) is 9.58. The molecule has 0 radical (unpaired) electrons. The quantitative estimate of drug-likeness (QED) is 0.457. The Morgan fingerprint density at radius 2 is 2.19 bits per heavy atom. The normalized spacial score (nSPS) is 18.0. The second-order valence-corrected chi connectivity index (χ2v) is 7.27. The third kappa shape index (κ3) is 6.71. The van der Waals surface area contributed by atoms with Crippen LogP contribution in [0.3, 0.4) is 0 Å². The van der Waals surface area contributed by atoms with Crippen molar-refractivity contribution >= 4 is 11.9 Å². The minimum Gasteiger partial charge on any atom is -0.469 e. The summed E-state index contributed by atoms with van der Waals surface area (Å²) in [7, 11) is 0. The molecule has 1 aromatic rings. The van der Waals surface area contributed by atoms with Gasteiger partial charge in [0.1, 0.15) is 5.76 Å². The molecule has 146 valence electrons. The predicted molar refractivity (Wildman–Crippen MR) is 102 cm³/mol. The van der Waals surface area contributed by atoms with Crippen molar-refractivity contribution in [2.45, 2.75) is 33.6 Å². The monoisotopic (exact) mass is 364 g/mol. The fourth-order valence-electron chi connectivity index (χ4n) is 2.67. The van der Waals surface area contributed by atoms with Gasteiger partial charge in [0.05, 0.1) is 24.8 Å². The summed E-state index contributed by atoms with van der Waals surface area (Å²) >= 11 is 0. The fourth-order valence-corrected chi connectivity index (χ4v) is 2.67. The highest BCUT2D eigenvalue weighted by atomic mass is 16.5. The molecule has 0 spiro atoms. The molecule has 2 heterocycles. The second-order valence-electron chi connectivity index (χ2n) is 7.27. The SMILES string of the molecule is CCNC(=O)C(C)(C)CN=C(NCCc1ccco1)NCC1CCOC1. The first-order chi connectivity index (χ1) is 12.5. The van der Waals surface area contributed by atoms with Gasteiger partial charge in [0.25, 0.3) is 0 Å². The number of nitrogens with zero attached hydrogens (tertiary/aromatic N) is 1. The topological polar surface area (TPSA) is 87.9 Å². The van der Waals surface area contributed by atoms with E-state index in [9.17, 15) is 4.79 Å². The molecule has 0 aliphatic carbocycles. The molecule has 1 aliphatic rings. The summed E-state index contributed by atoms with van der Waals surface area (Å²) in [5.74, 6) is 2.18. The number of amides is 1. The number of nitrogens with one attached hydrogen (secondary N) is 3. The van der Waals surface area contributed by atoms with Crippen LogP contribution < -0.4 is 16.0 Å². The number of rotatable bonds is 9. The van der Waals surface area contributed by atoms with Gasteiger partial charge in [-0.2, -0.15) is 0 Å². The van der Waals surface area contributed by atoms with Crippen LogP contribution in [0.4, 0.5) is 0 Å². The maximum Gasteiger partial charge on any atom is 0.227 e. The number of carbonyl (C=O) groups is 1. The van der Waals surface area contributed by atoms with Crippen LogP contribution in [0, 0.1) is 11.3 Å². The van der Waals surface area contributed by atoms with Gasteiger partial charge in [-0.15, -0.1) is 0 Å². The van der Waals surface area contributed by atoms with Gasteiger partial charge < -0.3 is 25.1 Å². The molecule has 1 saturated heterocycles. The minimum atomic E-state index is -0.553. The van der Waals surface area contributed by atoms with E-state index in [-0.39, 0.29) is 5.91 Å². The summed E-state index contributed by atoms with van der Waals surface area (Å²) in [6, 6.07) is 3.84. The van der Waals surface area contributed by atoms with E-state index in [1.807, 2.05) is 32.9 Å². The second kappa shape index (κ2) is 10.2. The number of guanidine groups is 1. The molecule has 1 aliphatic heterocycles. The van der Waals surface area contributed by atoms with Crippen molar-refractivity contribution in [2.24, 2.45) is 16.3 Å². The first kappa shape index (κ1) is 20.3. The third-order valence-electron chi connectivity index (χ3n) is 4.41. The van der Waals surface area contributed by atoms with Gasteiger partial charge in [0.15, 0.2) is 5.96 Å². The van der Waals surface area contributed by atoms with E-state index in [4.69, 9.17) is 9.15 Å². The molecule has 2 rings (SSSR count). The number of furan rings is 1. The van der Waals surface area contributed by atoms with Crippen molar-refractivity contribution in [1.29, 1.82) is 0 Å². The first-order valence-electron chi connectivity index (χ1n) is 9.42. The molecular formula is C19H32N4O3. The Hall–Kier alpha value is -2.02. The lowest BCUT2D eigenvalue weighted by molar-refractivity contribution is -0.128. The smallest absolute Gasteiger partial charge is 0.227 e. The molecule has 1 fully saturated rings. The highest BCUT2D eigenvalue weighted by Crippen LogP contribution is 2.15. The summed E-state index contributed by atoms with van der Waals surface area (Å²) in [6.45, 7) is 9.92. The summed E-state index contributed by atoms with van der Waals surface area (Å²) in [5.41, 5.74) is -0.553. The van der Waals surface area contributed by atoms with Crippen LogP contribution in [0.25, 0.3) is 0 Å². The lowest BCUT2D eigenvalue weighted by Crippen LogP contribution is -2.43. The van der Waals surface area contributed by atoms with Crippen molar-refractivity contribution in [2.75, 3.05) is 39.4 Å². The Labute approximate surface area is 156 Å². The van der Waals surface area contributed by atoms with Crippen molar-refractivity contribution in [1.82, 2.24) is 16.0 Å². The number of hydrogen-bond acceptors (Lipinski definition) is 4. The zero-order valence-corrected chi connectivity index (χ0v) is 16.1. The number of hydrogen-bond donors (Lipinski definition) is 3. The number of carbonyl (C=O) groups excluding carboxylic acids is 1. The Bertz CT molecular complexity index is 563. The molecule has 3 N–H and O–H groups in total. The minimum absolute atomic E-state index is 0.0166. The third-order valence-corrected chi connectivity index (χ3v) is 4.41.